The zero-order chi connectivity index (χ0) is 9.90. The molecule has 1 aromatic carbocycles. The van der Waals surface area contributed by atoms with E-state index < -0.39 is 10.9 Å². The van der Waals surface area contributed by atoms with Crippen LogP contribution in [0.15, 0.2) is 30.3 Å². The second-order valence-electron chi connectivity index (χ2n) is 2.92. The number of carbonyl (C=O) groups excluding carboxylic acids is 1. The van der Waals surface area contributed by atoms with Gasteiger partial charge in [-0.25, -0.2) is 4.39 Å². The molecule has 0 radical (unpaired) electrons. The SMILES string of the molecule is CC(=O)C(F)(Cl)Cc1ccccc1. The fourth-order valence-corrected chi connectivity index (χ4v) is 1.13. The molecular weight excluding hydrogens is 191 g/mol. The molecule has 1 aromatic rings. The van der Waals surface area contributed by atoms with Gasteiger partial charge in [-0.15, -0.1) is 0 Å². The first-order valence-electron chi connectivity index (χ1n) is 3.95. The Morgan fingerprint density at radius 1 is 1.46 bits per heavy atom. The van der Waals surface area contributed by atoms with Crippen LogP contribution in [0.3, 0.4) is 0 Å². The van der Waals surface area contributed by atoms with Crippen LogP contribution >= 0.6 is 11.6 Å². The molecule has 0 spiro atoms. The average Bonchev–Trinajstić information content (AvgIpc) is 2.05. The van der Waals surface area contributed by atoms with Crippen LogP contribution in [-0.4, -0.2) is 10.9 Å². The minimum absolute atomic E-state index is 0.0786. The summed E-state index contributed by atoms with van der Waals surface area (Å²) >= 11 is 5.39. The van der Waals surface area contributed by atoms with Crippen LogP contribution in [0.25, 0.3) is 0 Å². The molecule has 0 aliphatic rings. The number of rotatable bonds is 3. The number of carbonyl (C=O) groups is 1. The van der Waals surface area contributed by atoms with Gasteiger partial charge < -0.3 is 0 Å². The molecule has 0 aliphatic heterocycles. The lowest BCUT2D eigenvalue weighted by atomic mass is 10.1. The van der Waals surface area contributed by atoms with Crippen molar-refractivity contribution in [2.24, 2.45) is 0 Å². The second kappa shape index (κ2) is 3.88. The molecule has 1 atom stereocenters. The van der Waals surface area contributed by atoms with E-state index in [4.69, 9.17) is 11.6 Å². The number of hydrogen-bond donors (Lipinski definition) is 0. The maximum absolute atomic E-state index is 13.3. The topological polar surface area (TPSA) is 17.1 Å². The quantitative estimate of drug-likeness (QED) is 0.686. The number of hydrogen-bond acceptors (Lipinski definition) is 1. The Hall–Kier alpha value is -0.890. The third-order valence-corrected chi connectivity index (χ3v) is 2.18. The summed E-state index contributed by atoms with van der Waals surface area (Å²) < 4.78 is 13.3. The van der Waals surface area contributed by atoms with Gasteiger partial charge in [0.15, 0.2) is 5.78 Å². The number of ketones is 1. The second-order valence-corrected chi connectivity index (χ2v) is 3.52. The Morgan fingerprint density at radius 2 is 2.00 bits per heavy atom. The third-order valence-electron chi connectivity index (χ3n) is 1.78. The summed E-state index contributed by atoms with van der Waals surface area (Å²) in [6, 6.07) is 8.86. The number of benzene rings is 1. The zero-order valence-corrected chi connectivity index (χ0v) is 8.01. The van der Waals surface area contributed by atoms with Gasteiger partial charge in [-0.1, -0.05) is 41.9 Å². The van der Waals surface area contributed by atoms with Crippen molar-refractivity contribution in [3.63, 3.8) is 0 Å². The van der Waals surface area contributed by atoms with Gasteiger partial charge in [0.2, 0.25) is 5.13 Å². The van der Waals surface area contributed by atoms with Crippen molar-refractivity contribution in [1.82, 2.24) is 0 Å². The van der Waals surface area contributed by atoms with Crippen molar-refractivity contribution in [3.8, 4) is 0 Å². The van der Waals surface area contributed by atoms with Crippen LogP contribution in [0.1, 0.15) is 12.5 Å². The molecule has 0 aromatic heterocycles. The highest BCUT2D eigenvalue weighted by Gasteiger charge is 2.32. The molecular formula is C10H10ClFO. The number of alkyl halides is 2. The van der Waals surface area contributed by atoms with E-state index in [2.05, 4.69) is 0 Å². The van der Waals surface area contributed by atoms with E-state index in [-0.39, 0.29) is 6.42 Å². The van der Waals surface area contributed by atoms with Gasteiger partial charge in [-0.2, -0.15) is 0 Å². The van der Waals surface area contributed by atoms with Gasteiger partial charge in [0.25, 0.3) is 0 Å². The van der Waals surface area contributed by atoms with E-state index in [1.807, 2.05) is 6.07 Å². The summed E-state index contributed by atoms with van der Waals surface area (Å²) in [5, 5.41) is -2.26. The van der Waals surface area contributed by atoms with Crippen molar-refractivity contribution in [2.45, 2.75) is 18.5 Å². The highest BCUT2D eigenvalue weighted by Crippen LogP contribution is 2.23. The lowest BCUT2D eigenvalue weighted by Crippen LogP contribution is -2.27. The molecule has 0 saturated carbocycles. The highest BCUT2D eigenvalue weighted by atomic mass is 35.5. The van der Waals surface area contributed by atoms with E-state index in [9.17, 15) is 9.18 Å². The van der Waals surface area contributed by atoms with E-state index >= 15 is 0 Å². The van der Waals surface area contributed by atoms with Crippen LogP contribution in [0.2, 0.25) is 0 Å². The van der Waals surface area contributed by atoms with Crippen molar-refractivity contribution in [2.75, 3.05) is 0 Å². The fourth-order valence-electron chi connectivity index (χ4n) is 0.977. The molecule has 1 unspecified atom stereocenters. The Bertz CT molecular complexity index is 295. The van der Waals surface area contributed by atoms with Gasteiger partial charge in [0, 0.05) is 6.42 Å². The molecule has 1 rings (SSSR count). The molecule has 0 amide bonds. The molecule has 0 heterocycles. The van der Waals surface area contributed by atoms with E-state index in [1.54, 1.807) is 24.3 Å². The maximum atomic E-state index is 13.3. The molecule has 1 nitrogen and oxygen atoms in total. The van der Waals surface area contributed by atoms with Gasteiger partial charge >= 0.3 is 0 Å². The molecule has 70 valence electrons. The molecule has 0 N–H and O–H groups in total. The normalized spacial score (nSPS) is 15.0. The monoisotopic (exact) mass is 200 g/mol. The Morgan fingerprint density at radius 3 is 2.46 bits per heavy atom. The van der Waals surface area contributed by atoms with Crippen molar-refractivity contribution in [3.05, 3.63) is 35.9 Å². The smallest absolute Gasteiger partial charge is 0.244 e. The molecule has 0 fully saturated rings. The van der Waals surface area contributed by atoms with E-state index in [0.717, 1.165) is 12.5 Å². The summed E-state index contributed by atoms with van der Waals surface area (Å²) in [4.78, 5) is 10.8. The van der Waals surface area contributed by atoms with Gasteiger partial charge in [-0.3, -0.25) is 4.79 Å². The summed E-state index contributed by atoms with van der Waals surface area (Å²) in [7, 11) is 0. The average molecular weight is 201 g/mol. The van der Waals surface area contributed by atoms with Crippen molar-refractivity contribution in [1.29, 1.82) is 0 Å². The summed E-state index contributed by atoms with van der Waals surface area (Å²) in [5.74, 6) is -0.655. The lowest BCUT2D eigenvalue weighted by molar-refractivity contribution is -0.123. The van der Waals surface area contributed by atoms with Gasteiger partial charge in [0.05, 0.1) is 0 Å². The highest BCUT2D eigenvalue weighted by molar-refractivity contribution is 6.33. The van der Waals surface area contributed by atoms with Crippen LogP contribution in [0.5, 0.6) is 0 Å². The predicted octanol–water partition coefficient (Wildman–Crippen LogP) is 2.72. The standard InChI is InChI=1S/C10H10ClFO/c1-8(13)10(11,12)7-9-5-3-2-4-6-9/h2-6H,7H2,1H3. The third kappa shape index (κ3) is 2.81. The minimum Gasteiger partial charge on any atom is -0.295 e. The van der Waals surface area contributed by atoms with Gasteiger partial charge in [-0.05, 0) is 12.5 Å². The fraction of sp³-hybridized carbons (Fsp3) is 0.300. The predicted molar refractivity (Wildman–Crippen MR) is 50.5 cm³/mol. The Labute approximate surface area is 81.5 Å². The van der Waals surface area contributed by atoms with Crippen LogP contribution in [-0.2, 0) is 11.2 Å². The largest absolute Gasteiger partial charge is 0.295 e. The van der Waals surface area contributed by atoms with Crippen LogP contribution in [0, 0.1) is 0 Å². The number of Topliss-reactive ketones (excluding diaryl/α,β-unsaturated/α-hetero) is 1. The first-order valence-corrected chi connectivity index (χ1v) is 4.33. The molecule has 0 bridgehead atoms. The van der Waals surface area contributed by atoms with Crippen molar-refractivity contribution < 1.29 is 9.18 Å². The molecule has 0 saturated heterocycles. The first kappa shape index (κ1) is 10.2. The maximum Gasteiger partial charge on any atom is 0.244 e. The Kier molecular flexibility index (Phi) is 3.04. The summed E-state index contributed by atoms with van der Waals surface area (Å²) in [5.41, 5.74) is 0.718. The minimum atomic E-state index is -2.26. The van der Waals surface area contributed by atoms with Gasteiger partial charge in [0.1, 0.15) is 0 Å². The summed E-state index contributed by atoms with van der Waals surface area (Å²) in [6.07, 6.45) is -0.0786. The first-order chi connectivity index (χ1) is 6.02. The molecule has 3 heteroatoms. The zero-order valence-electron chi connectivity index (χ0n) is 7.26. The summed E-state index contributed by atoms with van der Waals surface area (Å²) in [6.45, 7) is 1.15. The molecule has 0 aliphatic carbocycles. The van der Waals surface area contributed by atoms with Crippen molar-refractivity contribution >= 4 is 17.4 Å². The van der Waals surface area contributed by atoms with Crippen LogP contribution < -0.4 is 0 Å². The number of halogens is 2. The molecule has 13 heavy (non-hydrogen) atoms. The lowest BCUT2D eigenvalue weighted by Gasteiger charge is -2.13. The van der Waals surface area contributed by atoms with E-state index in [1.165, 1.54) is 0 Å². The van der Waals surface area contributed by atoms with Crippen LogP contribution in [0.4, 0.5) is 4.39 Å². The van der Waals surface area contributed by atoms with E-state index in [0.29, 0.717) is 0 Å². The Balaban J connectivity index is 2.75.